The van der Waals surface area contributed by atoms with Crippen LogP contribution in [0.3, 0.4) is 0 Å². The minimum Gasteiger partial charge on any atom is -0.495 e. The largest absolute Gasteiger partial charge is 0.495 e. The van der Waals surface area contributed by atoms with Crippen molar-refractivity contribution >= 4 is 21.7 Å². The van der Waals surface area contributed by atoms with E-state index in [0.717, 1.165) is 19.2 Å². The first-order valence-electron chi connectivity index (χ1n) is 7.01. The summed E-state index contributed by atoms with van der Waals surface area (Å²) in [5.74, 6) is -6.46. The quantitative estimate of drug-likeness (QED) is 0.588. The van der Waals surface area contributed by atoms with Crippen LogP contribution in [0.25, 0.3) is 0 Å². The summed E-state index contributed by atoms with van der Waals surface area (Å²) in [7, 11) is -3.57. The number of benzene rings is 1. The maximum Gasteiger partial charge on any atom is 0.393 e. The fraction of sp³-hybridized carbons (Fsp3) is 0.462. The lowest BCUT2D eigenvalue weighted by Crippen LogP contribution is -2.34. The van der Waals surface area contributed by atoms with E-state index in [2.05, 4.69) is 0 Å². The van der Waals surface area contributed by atoms with Gasteiger partial charge in [0.05, 0.1) is 23.9 Å². The Balaban J connectivity index is 2.50. The summed E-state index contributed by atoms with van der Waals surface area (Å²) in [6, 6.07) is 2.63. The zero-order chi connectivity index (χ0) is 19.9. The number of carbonyl (C=O) groups is 1. The van der Waals surface area contributed by atoms with E-state index in [1.807, 2.05) is 0 Å². The summed E-state index contributed by atoms with van der Waals surface area (Å²) in [6.45, 7) is -2.01. The third-order valence-electron chi connectivity index (χ3n) is 4.00. The molecule has 1 aromatic rings. The number of nitrogens with zero attached hydrogens (tertiary/aromatic N) is 2. The predicted molar refractivity (Wildman–Crippen MR) is 79.1 cm³/mol. The van der Waals surface area contributed by atoms with Crippen LogP contribution in [0.5, 0.6) is 5.75 Å². The van der Waals surface area contributed by atoms with Gasteiger partial charge in [-0.2, -0.15) is 17.5 Å². The Labute approximate surface area is 145 Å². The summed E-state index contributed by atoms with van der Waals surface area (Å²) in [5, 5.41) is 19.8. The molecule has 1 aromatic carbocycles. The van der Waals surface area contributed by atoms with Crippen molar-refractivity contribution in [3.63, 3.8) is 0 Å². The fourth-order valence-corrected chi connectivity index (χ4v) is 4.33. The van der Waals surface area contributed by atoms with Crippen molar-refractivity contribution in [2.45, 2.75) is 11.1 Å². The number of ether oxygens (including phenoxy) is 1. The van der Waals surface area contributed by atoms with Gasteiger partial charge in [0.25, 0.3) is 5.69 Å². The van der Waals surface area contributed by atoms with Gasteiger partial charge in [-0.25, -0.2) is 8.42 Å². The smallest absolute Gasteiger partial charge is 0.393 e. The summed E-state index contributed by atoms with van der Waals surface area (Å²) in [6.07, 6.45) is -4.92. The highest BCUT2D eigenvalue weighted by Crippen LogP contribution is 2.41. The number of alkyl halides is 3. The molecule has 0 aromatic heterocycles. The molecule has 9 nitrogen and oxygen atoms in total. The molecule has 0 radical (unpaired) electrons. The highest BCUT2D eigenvalue weighted by molar-refractivity contribution is 7.89. The third-order valence-corrected chi connectivity index (χ3v) is 5.85. The Morgan fingerprint density at radius 3 is 2.42 bits per heavy atom. The number of non-ortho nitro benzene ring substituents is 1. The van der Waals surface area contributed by atoms with Gasteiger partial charge in [-0.05, 0) is 6.07 Å². The first kappa shape index (κ1) is 19.9. The zero-order valence-corrected chi connectivity index (χ0v) is 14.0. The van der Waals surface area contributed by atoms with Gasteiger partial charge >= 0.3 is 12.1 Å². The van der Waals surface area contributed by atoms with Crippen LogP contribution in [0.4, 0.5) is 18.9 Å². The lowest BCUT2D eigenvalue weighted by molar-refractivity contribution is -0.385. The second-order valence-electron chi connectivity index (χ2n) is 5.51. The molecule has 0 saturated carbocycles. The SMILES string of the molecule is COc1ccc([N+](=O)[O-])cc1S(=O)(=O)N1C[C@@H](C(F)(F)F)[C@H](C(=O)O)C1. The van der Waals surface area contributed by atoms with Crippen molar-refractivity contribution < 1.29 is 41.2 Å². The molecular weight excluding hydrogens is 385 g/mol. The van der Waals surface area contributed by atoms with Crippen LogP contribution in [-0.4, -0.2) is 55.1 Å². The van der Waals surface area contributed by atoms with Crippen molar-refractivity contribution in [1.82, 2.24) is 4.31 Å². The lowest BCUT2D eigenvalue weighted by atomic mass is 9.96. The number of halogens is 3. The van der Waals surface area contributed by atoms with Crippen LogP contribution >= 0.6 is 0 Å². The maximum atomic E-state index is 13.1. The van der Waals surface area contributed by atoms with Crippen molar-refractivity contribution in [1.29, 1.82) is 0 Å². The predicted octanol–water partition coefficient (Wildman–Crippen LogP) is 1.49. The molecule has 0 spiro atoms. The second kappa shape index (κ2) is 6.72. The number of carboxylic acid groups (broad SMARTS) is 1. The van der Waals surface area contributed by atoms with E-state index in [9.17, 15) is 36.5 Å². The molecule has 0 bridgehead atoms. The highest BCUT2D eigenvalue weighted by atomic mass is 32.2. The number of carboxylic acids is 1. The fourth-order valence-electron chi connectivity index (χ4n) is 2.67. The van der Waals surface area contributed by atoms with Crippen molar-refractivity contribution in [2.24, 2.45) is 11.8 Å². The third kappa shape index (κ3) is 3.58. The monoisotopic (exact) mass is 398 g/mol. The van der Waals surface area contributed by atoms with E-state index in [-0.39, 0.29) is 5.75 Å². The van der Waals surface area contributed by atoms with Crippen LogP contribution < -0.4 is 4.74 Å². The molecule has 1 N–H and O–H groups in total. The Bertz CT molecular complexity index is 841. The number of nitro groups is 1. The minimum atomic E-state index is -4.92. The van der Waals surface area contributed by atoms with Crippen LogP contribution in [-0.2, 0) is 14.8 Å². The van der Waals surface area contributed by atoms with Gasteiger partial charge in [-0.3, -0.25) is 14.9 Å². The molecule has 26 heavy (non-hydrogen) atoms. The Kier molecular flexibility index (Phi) is 5.14. The minimum absolute atomic E-state index is 0.307. The van der Waals surface area contributed by atoms with Gasteiger partial charge in [0.2, 0.25) is 10.0 Å². The summed E-state index contributed by atoms with van der Waals surface area (Å²) in [4.78, 5) is 20.4. The molecule has 2 atom stereocenters. The maximum absolute atomic E-state index is 13.1. The van der Waals surface area contributed by atoms with Crippen molar-refractivity contribution in [3.05, 3.63) is 28.3 Å². The first-order chi connectivity index (χ1) is 11.9. The van der Waals surface area contributed by atoms with Gasteiger partial charge < -0.3 is 9.84 Å². The standard InChI is InChI=1S/C13H13F3N2O7S/c1-25-10-3-2-7(18(21)22)4-11(10)26(23,24)17-5-8(12(19)20)9(6-17)13(14,15)16/h2-4,8-9H,5-6H2,1H3,(H,19,20)/t8-,9-/m1/s1. The molecule has 2 rings (SSSR count). The van der Waals surface area contributed by atoms with E-state index in [1.54, 1.807) is 0 Å². The van der Waals surface area contributed by atoms with Gasteiger partial charge in [0.1, 0.15) is 10.6 Å². The van der Waals surface area contributed by atoms with E-state index < -0.39 is 62.6 Å². The first-order valence-corrected chi connectivity index (χ1v) is 8.45. The number of hydrogen-bond acceptors (Lipinski definition) is 6. The van der Waals surface area contributed by atoms with E-state index in [0.29, 0.717) is 10.4 Å². The molecule has 13 heteroatoms. The van der Waals surface area contributed by atoms with Crippen LogP contribution in [0, 0.1) is 22.0 Å². The molecule has 1 heterocycles. The molecule has 1 fully saturated rings. The average Bonchev–Trinajstić information content (AvgIpc) is 3.00. The number of aliphatic carboxylic acids is 1. The molecule has 0 unspecified atom stereocenters. The molecular formula is C13H13F3N2O7S. The van der Waals surface area contributed by atoms with Gasteiger partial charge in [-0.1, -0.05) is 0 Å². The topological polar surface area (TPSA) is 127 Å². The number of nitro benzene ring substituents is 1. The number of hydrogen-bond donors (Lipinski definition) is 1. The molecule has 0 amide bonds. The van der Waals surface area contributed by atoms with Gasteiger partial charge in [-0.15, -0.1) is 0 Å². The van der Waals surface area contributed by atoms with Crippen molar-refractivity contribution in [3.8, 4) is 5.75 Å². The normalized spacial score (nSPS) is 21.5. The lowest BCUT2D eigenvalue weighted by Gasteiger charge is -2.19. The van der Waals surface area contributed by atoms with Gasteiger partial charge in [0.15, 0.2) is 0 Å². The Hall–Kier alpha value is -2.41. The van der Waals surface area contributed by atoms with E-state index in [1.165, 1.54) is 0 Å². The van der Waals surface area contributed by atoms with Crippen LogP contribution in [0.15, 0.2) is 23.1 Å². The molecule has 144 valence electrons. The summed E-state index contributed by atoms with van der Waals surface area (Å²) in [5.41, 5.74) is -0.606. The van der Waals surface area contributed by atoms with Crippen LogP contribution in [0.1, 0.15) is 0 Å². The number of rotatable bonds is 5. The average molecular weight is 398 g/mol. The summed E-state index contributed by atoms with van der Waals surface area (Å²) >= 11 is 0. The van der Waals surface area contributed by atoms with Gasteiger partial charge in [0, 0.05) is 25.2 Å². The number of methoxy groups -OCH3 is 1. The molecule has 1 aliphatic rings. The Morgan fingerprint density at radius 2 is 2.00 bits per heavy atom. The summed E-state index contributed by atoms with van der Waals surface area (Å²) < 4.78 is 69.7. The molecule has 1 aliphatic heterocycles. The van der Waals surface area contributed by atoms with Crippen molar-refractivity contribution in [2.75, 3.05) is 20.2 Å². The van der Waals surface area contributed by atoms with Crippen LogP contribution in [0.2, 0.25) is 0 Å². The number of sulfonamides is 1. The second-order valence-corrected chi connectivity index (χ2v) is 7.41. The van der Waals surface area contributed by atoms with E-state index in [4.69, 9.17) is 9.84 Å². The highest BCUT2D eigenvalue weighted by Gasteiger charge is 2.55. The molecule has 1 saturated heterocycles. The Morgan fingerprint density at radius 1 is 1.38 bits per heavy atom. The zero-order valence-electron chi connectivity index (χ0n) is 13.1. The molecule has 0 aliphatic carbocycles. The van der Waals surface area contributed by atoms with E-state index >= 15 is 0 Å².